The summed E-state index contributed by atoms with van der Waals surface area (Å²) in [7, 11) is 2.12. The molecule has 2 amide bonds. The summed E-state index contributed by atoms with van der Waals surface area (Å²) < 4.78 is 0. The number of nitrogens with one attached hydrogen (secondary N) is 2. The standard InChI is InChI=1S/C14H21N3O/c1-17-8-7-13(11-17)10-16-14(18)15-9-12-5-3-2-4-6-12/h2-6,13H,7-11H2,1H3,(H2,15,16,18). The van der Waals surface area contributed by atoms with Crippen molar-refractivity contribution in [2.45, 2.75) is 13.0 Å². The minimum absolute atomic E-state index is 0.0755. The molecular formula is C14H21N3O. The zero-order valence-electron chi connectivity index (χ0n) is 10.9. The highest BCUT2D eigenvalue weighted by molar-refractivity contribution is 5.73. The molecule has 4 heteroatoms. The molecule has 0 radical (unpaired) electrons. The molecule has 18 heavy (non-hydrogen) atoms. The van der Waals surface area contributed by atoms with Gasteiger partial charge in [-0.25, -0.2) is 4.79 Å². The van der Waals surface area contributed by atoms with Gasteiger partial charge in [0.2, 0.25) is 0 Å². The van der Waals surface area contributed by atoms with Crippen molar-refractivity contribution in [3.05, 3.63) is 35.9 Å². The molecule has 1 fully saturated rings. The average Bonchev–Trinajstić information content (AvgIpc) is 2.81. The third kappa shape index (κ3) is 4.04. The quantitative estimate of drug-likeness (QED) is 0.845. The summed E-state index contributed by atoms with van der Waals surface area (Å²) in [6.07, 6.45) is 1.18. The van der Waals surface area contributed by atoms with Gasteiger partial charge >= 0.3 is 6.03 Å². The Balaban J connectivity index is 1.63. The number of amides is 2. The van der Waals surface area contributed by atoms with Crippen LogP contribution in [-0.2, 0) is 6.54 Å². The van der Waals surface area contributed by atoms with E-state index in [0.29, 0.717) is 12.5 Å². The van der Waals surface area contributed by atoms with Crippen LogP contribution in [0.1, 0.15) is 12.0 Å². The molecule has 1 heterocycles. The summed E-state index contributed by atoms with van der Waals surface area (Å²) in [6, 6.07) is 9.86. The topological polar surface area (TPSA) is 44.4 Å². The van der Waals surface area contributed by atoms with E-state index in [2.05, 4.69) is 22.6 Å². The summed E-state index contributed by atoms with van der Waals surface area (Å²) in [6.45, 7) is 3.57. The molecule has 2 N–H and O–H groups in total. The van der Waals surface area contributed by atoms with E-state index in [1.807, 2.05) is 30.3 Å². The Bertz CT molecular complexity index is 380. The third-order valence-electron chi connectivity index (χ3n) is 3.34. The third-order valence-corrected chi connectivity index (χ3v) is 3.34. The van der Waals surface area contributed by atoms with Crippen molar-refractivity contribution < 1.29 is 4.79 Å². The van der Waals surface area contributed by atoms with Gasteiger partial charge in [0.1, 0.15) is 0 Å². The number of likely N-dealkylation sites (tertiary alicyclic amines) is 1. The van der Waals surface area contributed by atoms with Crippen LogP contribution in [-0.4, -0.2) is 37.6 Å². The molecule has 0 bridgehead atoms. The lowest BCUT2D eigenvalue weighted by Gasteiger charge is -2.12. The second-order valence-electron chi connectivity index (χ2n) is 4.97. The van der Waals surface area contributed by atoms with Gasteiger partial charge in [0.05, 0.1) is 0 Å². The maximum Gasteiger partial charge on any atom is 0.315 e. The predicted molar refractivity (Wildman–Crippen MR) is 72.3 cm³/mol. The van der Waals surface area contributed by atoms with Crippen LogP contribution in [0.5, 0.6) is 0 Å². The highest BCUT2D eigenvalue weighted by Gasteiger charge is 2.19. The fourth-order valence-corrected chi connectivity index (χ4v) is 2.27. The normalized spacial score (nSPS) is 19.7. The monoisotopic (exact) mass is 247 g/mol. The van der Waals surface area contributed by atoms with Crippen molar-refractivity contribution in [1.29, 1.82) is 0 Å². The van der Waals surface area contributed by atoms with Crippen LogP contribution in [0.25, 0.3) is 0 Å². The van der Waals surface area contributed by atoms with Gasteiger partial charge in [-0.05, 0) is 31.5 Å². The van der Waals surface area contributed by atoms with Crippen molar-refractivity contribution in [3.8, 4) is 0 Å². The molecule has 1 atom stereocenters. The Hall–Kier alpha value is -1.55. The van der Waals surface area contributed by atoms with E-state index < -0.39 is 0 Å². The molecule has 0 aromatic heterocycles. The molecule has 98 valence electrons. The number of hydrogen-bond donors (Lipinski definition) is 2. The molecule has 1 aromatic carbocycles. The van der Waals surface area contributed by atoms with E-state index in [-0.39, 0.29) is 6.03 Å². The van der Waals surface area contributed by atoms with Crippen LogP contribution in [0.3, 0.4) is 0 Å². The van der Waals surface area contributed by atoms with E-state index in [1.165, 1.54) is 6.42 Å². The maximum atomic E-state index is 11.6. The molecule has 0 saturated carbocycles. The Kier molecular flexibility index (Phi) is 4.59. The van der Waals surface area contributed by atoms with Gasteiger partial charge in [0.15, 0.2) is 0 Å². The van der Waals surface area contributed by atoms with Crippen LogP contribution in [0.4, 0.5) is 4.79 Å². The van der Waals surface area contributed by atoms with E-state index in [4.69, 9.17) is 0 Å². The van der Waals surface area contributed by atoms with Crippen molar-refractivity contribution in [3.63, 3.8) is 0 Å². The van der Waals surface area contributed by atoms with Gasteiger partial charge in [-0.15, -0.1) is 0 Å². The Morgan fingerprint density at radius 3 is 2.78 bits per heavy atom. The highest BCUT2D eigenvalue weighted by Crippen LogP contribution is 2.12. The van der Waals surface area contributed by atoms with Crippen molar-refractivity contribution in [2.24, 2.45) is 5.92 Å². The van der Waals surface area contributed by atoms with Crippen molar-refractivity contribution in [2.75, 3.05) is 26.7 Å². The first-order chi connectivity index (χ1) is 8.74. The SMILES string of the molecule is CN1CCC(CNC(=O)NCc2ccccc2)C1. The molecule has 1 aromatic rings. The fourth-order valence-electron chi connectivity index (χ4n) is 2.27. The minimum Gasteiger partial charge on any atom is -0.338 e. The Morgan fingerprint density at radius 2 is 2.11 bits per heavy atom. The molecule has 0 spiro atoms. The van der Waals surface area contributed by atoms with E-state index >= 15 is 0 Å². The van der Waals surface area contributed by atoms with E-state index in [0.717, 1.165) is 25.2 Å². The number of carbonyl (C=O) groups is 1. The van der Waals surface area contributed by atoms with Crippen molar-refractivity contribution in [1.82, 2.24) is 15.5 Å². The summed E-state index contributed by atoms with van der Waals surface area (Å²) in [5.74, 6) is 0.595. The van der Waals surface area contributed by atoms with Crippen LogP contribution in [0.15, 0.2) is 30.3 Å². The van der Waals surface area contributed by atoms with Gasteiger partial charge in [0.25, 0.3) is 0 Å². The lowest BCUT2D eigenvalue weighted by atomic mass is 10.1. The zero-order valence-corrected chi connectivity index (χ0v) is 10.9. The second-order valence-corrected chi connectivity index (χ2v) is 4.97. The molecule has 2 rings (SSSR count). The van der Waals surface area contributed by atoms with E-state index in [1.54, 1.807) is 0 Å². The van der Waals surface area contributed by atoms with Gasteiger partial charge in [-0.3, -0.25) is 0 Å². The van der Waals surface area contributed by atoms with Crippen molar-refractivity contribution >= 4 is 6.03 Å². The van der Waals surface area contributed by atoms with Crippen LogP contribution in [0, 0.1) is 5.92 Å². The number of rotatable bonds is 4. The zero-order chi connectivity index (χ0) is 12.8. The number of urea groups is 1. The second kappa shape index (κ2) is 6.40. The summed E-state index contributed by atoms with van der Waals surface area (Å²) in [4.78, 5) is 13.9. The first-order valence-corrected chi connectivity index (χ1v) is 6.48. The molecule has 1 aliphatic heterocycles. The average molecular weight is 247 g/mol. The van der Waals surface area contributed by atoms with Gasteiger partial charge < -0.3 is 15.5 Å². The van der Waals surface area contributed by atoms with Crippen LogP contribution < -0.4 is 10.6 Å². The number of hydrogen-bond acceptors (Lipinski definition) is 2. The molecule has 1 aliphatic rings. The maximum absolute atomic E-state index is 11.6. The van der Waals surface area contributed by atoms with E-state index in [9.17, 15) is 4.79 Å². The molecule has 1 saturated heterocycles. The predicted octanol–water partition coefficient (Wildman–Crippen LogP) is 1.44. The van der Waals surface area contributed by atoms with Gasteiger partial charge in [-0.2, -0.15) is 0 Å². The van der Waals surface area contributed by atoms with Crippen LogP contribution in [0.2, 0.25) is 0 Å². The Labute approximate surface area is 108 Å². The lowest BCUT2D eigenvalue weighted by molar-refractivity contribution is 0.238. The number of nitrogens with zero attached hydrogens (tertiary/aromatic N) is 1. The summed E-state index contributed by atoms with van der Waals surface area (Å²) in [5.41, 5.74) is 1.12. The molecule has 1 unspecified atom stereocenters. The Morgan fingerprint density at radius 1 is 1.33 bits per heavy atom. The van der Waals surface area contributed by atoms with Crippen LogP contribution >= 0.6 is 0 Å². The highest BCUT2D eigenvalue weighted by atomic mass is 16.2. The number of benzene rings is 1. The van der Waals surface area contributed by atoms with Gasteiger partial charge in [-0.1, -0.05) is 30.3 Å². The minimum atomic E-state index is -0.0755. The first-order valence-electron chi connectivity index (χ1n) is 6.48. The molecule has 4 nitrogen and oxygen atoms in total. The largest absolute Gasteiger partial charge is 0.338 e. The molecule has 0 aliphatic carbocycles. The molecular weight excluding hydrogens is 226 g/mol. The van der Waals surface area contributed by atoms with Gasteiger partial charge in [0, 0.05) is 19.6 Å². The smallest absolute Gasteiger partial charge is 0.315 e. The summed E-state index contributed by atoms with van der Waals surface area (Å²) >= 11 is 0. The lowest BCUT2D eigenvalue weighted by Crippen LogP contribution is -2.38. The fraction of sp³-hybridized carbons (Fsp3) is 0.500. The number of carbonyl (C=O) groups excluding carboxylic acids is 1. The first kappa shape index (κ1) is 12.9. The summed E-state index contributed by atoms with van der Waals surface area (Å²) in [5, 5.41) is 5.81.